The minimum Gasteiger partial charge on any atom is -0.399 e. The first-order valence-corrected chi connectivity index (χ1v) is 6.74. The number of hydrogen-bond acceptors (Lipinski definition) is 2. The summed E-state index contributed by atoms with van der Waals surface area (Å²) in [5.41, 5.74) is 9.94. The van der Waals surface area contributed by atoms with Crippen molar-refractivity contribution in [3.8, 4) is 11.3 Å². The molecule has 1 aliphatic rings. The molecular formula is C15H19N3. The number of hydrogen-bond donors (Lipinski definition) is 2. The van der Waals surface area contributed by atoms with Gasteiger partial charge in [-0.25, -0.2) is 0 Å². The van der Waals surface area contributed by atoms with Crippen LogP contribution in [-0.4, -0.2) is 10.2 Å². The summed E-state index contributed by atoms with van der Waals surface area (Å²) in [4.78, 5) is 0. The molecule has 1 heterocycles. The Morgan fingerprint density at radius 3 is 2.50 bits per heavy atom. The second-order valence-electron chi connectivity index (χ2n) is 5.17. The van der Waals surface area contributed by atoms with Crippen LogP contribution in [0, 0.1) is 0 Å². The van der Waals surface area contributed by atoms with Gasteiger partial charge in [-0.3, -0.25) is 5.10 Å². The first kappa shape index (κ1) is 11.3. The third-order valence-corrected chi connectivity index (χ3v) is 3.85. The van der Waals surface area contributed by atoms with E-state index in [9.17, 15) is 0 Å². The molecular weight excluding hydrogens is 222 g/mol. The van der Waals surface area contributed by atoms with E-state index < -0.39 is 0 Å². The summed E-state index contributed by atoms with van der Waals surface area (Å²) in [7, 11) is 0. The van der Waals surface area contributed by atoms with Crippen LogP contribution in [0.4, 0.5) is 5.69 Å². The Hall–Kier alpha value is -1.77. The second-order valence-corrected chi connectivity index (χ2v) is 5.17. The van der Waals surface area contributed by atoms with Crippen molar-refractivity contribution in [1.82, 2.24) is 10.2 Å². The van der Waals surface area contributed by atoms with Crippen molar-refractivity contribution < 1.29 is 0 Å². The molecule has 1 aliphatic carbocycles. The van der Waals surface area contributed by atoms with Crippen LogP contribution in [0.1, 0.15) is 43.7 Å². The lowest BCUT2D eigenvalue weighted by Gasteiger charge is -2.19. The molecule has 18 heavy (non-hydrogen) atoms. The number of aromatic nitrogens is 2. The SMILES string of the molecule is Nc1ccc(-c2cc(C3CCCCC3)[nH]n2)cc1. The molecule has 0 spiro atoms. The Morgan fingerprint density at radius 2 is 1.78 bits per heavy atom. The standard InChI is InChI=1S/C15H19N3/c16-13-8-6-12(7-9-13)15-10-14(17-18-15)11-4-2-1-3-5-11/h6-11H,1-5,16H2,(H,17,18). The highest BCUT2D eigenvalue weighted by atomic mass is 15.1. The summed E-state index contributed by atoms with van der Waals surface area (Å²) in [6.07, 6.45) is 6.67. The van der Waals surface area contributed by atoms with E-state index in [0.717, 1.165) is 16.9 Å². The van der Waals surface area contributed by atoms with E-state index in [1.54, 1.807) is 0 Å². The van der Waals surface area contributed by atoms with E-state index in [2.05, 4.69) is 16.3 Å². The Labute approximate surface area is 107 Å². The number of H-pyrrole nitrogens is 1. The lowest BCUT2D eigenvalue weighted by atomic mass is 9.87. The third-order valence-electron chi connectivity index (χ3n) is 3.85. The molecule has 0 unspecified atom stereocenters. The van der Waals surface area contributed by atoms with Crippen LogP contribution < -0.4 is 5.73 Å². The van der Waals surface area contributed by atoms with Gasteiger partial charge in [-0.15, -0.1) is 0 Å². The number of anilines is 1. The van der Waals surface area contributed by atoms with Crippen molar-refractivity contribution in [3.63, 3.8) is 0 Å². The fourth-order valence-electron chi connectivity index (χ4n) is 2.76. The molecule has 1 fully saturated rings. The van der Waals surface area contributed by atoms with Gasteiger partial charge in [0.05, 0.1) is 5.69 Å². The van der Waals surface area contributed by atoms with Crippen LogP contribution in [-0.2, 0) is 0 Å². The van der Waals surface area contributed by atoms with E-state index in [0.29, 0.717) is 5.92 Å². The zero-order chi connectivity index (χ0) is 12.4. The van der Waals surface area contributed by atoms with Crippen molar-refractivity contribution in [1.29, 1.82) is 0 Å². The van der Waals surface area contributed by atoms with Gasteiger partial charge >= 0.3 is 0 Å². The van der Waals surface area contributed by atoms with Gasteiger partial charge in [0.25, 0.3) is 0 Å². The Bertz CT molecular complexity index is 507. The van der Waals surface area contributed by atoms with Crippen LogP contribution in [0.3, 0.4) is 0 Å². The largest absolute Gasteiger partial charge is 0.399 e. The molecule has 1 saturated carbocycles. The molecule has 0 bridgehead atoms. The Kier molecular flexibility index (Phi) is 3.05. The van der Waals surface area contributed by atoms with Crippen LogP contribution in [0.5, 0.6) is 0 Å². The molecule has 94 valence electrons. The summed E-state index contributed by atoms with van der Waals surface area (Å²) in [6, 6.07) is 10.1. The quantitative estimate of drug-likeness (QED) is 0.787. The van der Waals surface area contributed by atoms with Crippen molar-refractivity contribution in [3.05, 3.63) is 36.0 Å². The van der Waals surface area contributed by atoms with Crippen molar-refractivity contribution in [2.75, 3.05) is 5.73 Å². The zero-order valence-corrected chi connectivity index (χ0v) is 10.5. The molecule has 0 amide bonds. The number of nitrogen functional groups attached to an aromatic ring is 1. The second kappa shape index (κ2) is 4.84. The zero-order valence-electron chi connectivity index (χ0n) is 10.5. The molecule has 1 aromatic carbocycles. The average molecular weight is 241 g/mol. The van der Waals surface area contributed by atoms with Crippen molar-refractivity contribution in [2.45, 2.75) is 38.0 Å². The van der Waals surface area contributed by atoms with E-state index in [1.165, 1.54) is 37.8 Å². The van der Waals surface area contributed by atoms with E-state index in [1.807, 2.05) is 24.3 Å². The summed E-state index contributed by atoms with van der Waals surface area (Å²) in [6.45, 7) is 0. The molecule has 1 aromatic heterocycles. The van der Waals surface area contributed by atoms with Crippen LogP contribution in [0.25, 0.3) is 11.3 Å². The summed E-state index contributed by atoms with van der Waals surface area (Å²) >= 11 is 0. The molecule has 3 heteroatoms. The lowest BCUT2D eigenvalue weighted by molar-refractivity contribution is 0.436. The maximum atomic E-state index is 5.70. The van der Waals surface area contributed by atoms with Gasteiger partial charge in [0.2, 0.25) is 0 Å². The van der Waals surface area contributed by atoms with Gasteiger partial charge in [0, 0.05) is 22.9 Å². The van der Waals surface area contributed by atoms with Gasteiger partial charge < -0.3 is 5.73 Å². The van der Waals surface area contributed by atoms with E-state index >= 15 is 0 Å². The summed E-state index contributed by atoms with van der Waals surface area (Å²) in [5, 5.41) is 7.63. The number of nitrogens with zero attached hydrogens (tertiary/aromatic N) is 1. The molecule has 0 aliphatic heterocycles. The van der Waals surface area contributed by atoms with Crippen LogP contribution >= 0.6 is 0 Å². The normalized spacial score (nSPS) is 16.9. The maximum Gasteiger partial charge on any atom is 0.0923 e. The predicted octanol–water partition coefficient (Wildman–Crippen LogP) is 3.71. The molecule has 3 rings (SSSR count). The number of rotatable bonds is 2. The average Bonchev–Trinajstić information content (AvgIpc) is 2.90. The predicted molar refractivity (Wildman–Crippen MR) is 74.3 cm³/mol. The molecule has 3 nitrogen and oxygen atoms in total. The number of benzene rings is 1. The first-order valence-electron chi connectivity index (χ1n) is 6.74. The fraction of sp³-hybridized carbons (Fsp3) is 0.400. The van der Waals surface area contributed by atoms with Gasteiger partial charge in [0.15, 0.2) is 0 Å². The van der Waals surface area contributed by atoms with Crippen LogP contribution in [0.15, 0.2) is 30.3 Å². The molecule has 3 N–H and O–H groups in total. The van der Waals surface area contributed by atoms with Crippen molar-refractivity contribution >= 4 is 5.69 Å². The smallest absolute Gasteiger partial charge is 0.0923 e. The molecule has 2 aromatic rings. The number of nitrogens with one attached hydrogen (secondary N) is 1. The van der Waals surface area contributed by atoms with E-state index in [4.69, 9.17) is 5.73 Å². The summed E-state index contributed by atoms with van der Waals surface area (Å²) in [5.74, 6) is 0.675. The number of aromatic amines is 1. The van der Waals surface area contributed by atoms with Gasteiger partial charge in [-0.1, -0.05) is 31.4 Å². The highest BCUT2D eigenvalue weighted by Crippen LogP contribution is 2.33. The Balaban J connectivity index is 1.82. The monoisotopic (exact) mass is 241 g/mol. The van der Waals surface area contributed by atoms with Gasteiger partial charge in [-0.2, -0.15) is 5.10 Å². The van der Waals surface area contributed by atoms with Gasteiger partial charge in [0.1, 0.15) is 0 Å². The molecule has 0 atom stereocenters. The van der Waals surface area contributed by atoms with Crippen molar-refractivity contribution in [2.24, 2.45) is 0 Å². The minimum absolute atomic E-state index is 0.675. The molecule has 0 radical (unpaired) electrons. The minimum atomic E-state index is 0.675. The fourth-order valence-corrected chi connectivity index (χ4v) is 2.76. The number of nitrogens with two attached hydrogens (primary N) is 1. The first-order chi connectivity index (χ1) is 8.83. The highest BCUT2D eigenvalue weighted by molar-refractivity contribution is 5.62. The molecule has 0 saturated heterocycles. The topological polar surface area (TPSA) is 54.7 Å². The Morgan fingerprint density at radius 1 is 1.06 bits per heavy atom. The maximum absolute atomic E-state index is 5.70. The van der Waals surface area contributed by atoms with Crippen LogP contribution in [0.2, 0.25) is 0 Å². The highest BCUT2D eigenvalue weighted by Gasteiger charge is 2.17. The van der Waals surface area contributed by atoms with Gasteiger partial charge in [-0.05, 0) is 31.0 Å². The van der Waals surface area contributed by atoms with E-state index in [-0.39, 0.29) is 0 Å². The lowest BCUT2D eigenvalue weighted by Crippen LogP contribution is -2.04. The summed E-state index contributed by atoms with van der Waals surface area (Å²) < 4.78 is 0. The third kappa shape index (κ3) is 2.26.